The quantitative estimate of drug-likeness (QED) is 0.654. The van der Waals surface area contributed by atoms with Gasteiger partial charge in [-0.15, -0.1) is 0 Å². The van der Waals surface area contributed by atoms with E-state index in [1.807, 2.05) is 19.1 Å². The van der Waals surface area contributed by atoms with Crippen molar-refractivity contribution in [3.63, 3.8) is 0 Å². The maximum atomic E-state index is 13.4. The molecule has 1 amide bonds. The van der Waals surface area contributed by atoms with E-state index in [4.69, 9.17) is 20.2 Å². The molecule has 7 nitrogen and oxygen atoms in total. The molecule has 160 valence electrons. The highest BCUT2D eigenvalue weighted by atomic mass is 19.1. The Hall–Kier alpha value is -3.10. The van der Waals surface area contributed by atoms with Crippen LogP contribution in [0.5, 0.6) is 0 Å². The summed E-state index contributed by atoms with van der Waals surface area (Å²) in [5.74, 6) is -0.0963. The van der Waals surface area contributed by atoms with Crippen LogP contribution >= 0.6 is 0 Å². The van der Waals surface area contributed by atoms with E-state index in [9.17, 15) is 9.18 Å². The summed E-state index contributed by atoms with van der Waals surface area (Å²) < 4.78 is 25.5. The molecule has 3 N–H and O–H groups in total. The number of imidazole rings is 1. The molecule has 0 bridgehead atoms. The second-order valence-corrected chi connectivity index (χ2v) is 8.55. The molecule has 0 atom stereocenters. The van der Waals surface area contributed by atoms with Crippen molar-refractivity contribution < 1.29 is 18.7 Å². The molecule has 0 spiro atoms. The highest BCUT2D eigenvalue weighted by molar-refractivity contribution is 5.84. The van der Waals surface area contributed by atoms with Gasteiger partial charge in [0.2, 0.25) is 12.2 Å². The van der Waals surface area contributed by atoms with Crippen LogP contribution in [0.15, 0.2) is 48.8 Å². The third-order valence-corrected chi connectivity index (χ3v) is 6.52. The van der Waals surface area contributed by atoms with E-state index in [1.165, 1.54) is 12.1 Å². The normalized spacial score (nSPS) is 24.6. The van der Waals surface area contributed by atoms with Gasteiger partial charge in [-0.2, -0.15) is 0 Å². The zero-order chi connectivity index (χ0) is 21.6. The van der Waals surface area contributed by atoms with Gasteiger partial charge in [0.15, 0.2) is 5.82 Å². The average molecular weight is 422 g/mol. The lowest BCUT2D eigenvalue weighted by Gasteiger charge is -2.41. The first-order chi connectivity index (χ1) is 14.9. The fraction of sp³-hybridized carbons (Fsp3) is 0.348. The van der Waals surface area contributed by atoms with E-state index in [-0.39, 0.29) is 11.7 Å². The second kappa shape index (κ2) is 7.25. The number of benzene rings is 1. The lowest BCUT2D eigenvalue weighted by molar-refractivity contribution is -0.246. The van der Waals surface area contributed by atoms with Gasteiger partial charge in [0.25, 0.3) is 0 Å². The number of rotatable bonds is 5. The zero-order valence-electron chi connectivity index (χ0n) is 17.1. The molecule has 1 aromatic carbocycles. The summed E-state index contributed by atoms with van der Waals surface area (Å²) >= 11 is 0. The molecule has 3 heterocycles. The predicted octanol–water partition coefficient (Wildman–Crippen LogP) is 3.60. The summed E-state index contributed by atoms with van der Waals surface area (Å²) in [5, 5.41) is 0. The number of pyridine rings is 1. The Bertz CT molecular complexity index is 1100. The first-order valence-electron chi connectivity index (χ1n) is 10.2. The van der Waals surface area contributed by atoms with Crippen molar-refractivity contribution in [3.05, 3.63) is 60.4 Å². The van der Waals surface area contributed by atoms with Gasteiger partial charge < -0.3 is 20.2 Å². The van der Waals surface area contributed by atoms with Crippen molar-refractivity contribution in [3.8, 4) is 22.5 Å². The smallest absolute Gasteiger partial charge is 0.224 e. The number of hydrogen-bond donors (Lipinski definition) is 2. The molecule has 0 unspecified atom stereocenters. The first-order valence-corrected chi connectivity index (χ1v) is 10.2. The predicted molar refractivity (Wildman–Crippen MR) is 111 cm³/mol. The van der Waals surface area contributed by atoms with E-state index >= 15 is 0 Å². The van der Waals surface area contributed by atoms with Gasteiger partial charge >= 0.3 is 0 Å². The Balaban J connectivity index is 1.45. The summed E-state index contributed by atoms with van der Waals surface area (Å²) in [5.41, 5.74) is 7.72. The van der Waals surface area contributed by atoms with E-state index in [0.717, 1.165) is 29.7 Å². The fourth-order valence-corrected chi connectivity index (χ4v) is 4.36. The fourth-order valence-electron chi connectivity index (χ4n) is 4.36. The Morgan fingerprint density at radius 3 is 2.32 bits per heavy atom. The van der Waals surface area contributed by atoms with Crippen LogP contribution in [0.1, 0.15) is 31.9 Å². The summed E-state index contributed by atoms with van der Waals surface area (Å²) in [7, 11) is 0. The molecule has 5 rings (SSSR count). The molecule has 1 aliphatic carbocycles. The third-order valence-electron chi connectivity index (χ3n) is 6.52. The molecule has 0 radical (unpaired) electrons. The minimum Gasteiger partial charge on any atom is -0.369 e. The van der Waals surface area contributed by atoms with Gasteiger partial charge in [-0.3, -0.25) is 9.78 Å². The van der Waals surface area contributed by atoms with Gasteiger partial charge in [-0.1, -0.05) is 6.92 Å². The van der Waals surface area contributed by atoms with Crippen molar-refractivity contribution in [2.24, 2.45) is 16.6 Å². The highest BCUT2D eigenvalue weighted by Gasteiger charge is 2.62. The van der Waals surface area contributed by atoms with E-state index in [0.29, 0.717) is 24.7 Å². The maximum absolute atomic E-state index is 13.4. The van der Waals surface area contributed by atoms with E-state index in [1.54, 1.807) is 24.5 Å². The number of hydrogen-bond acceptors (Lipinski definition) is 5. The summed E-state index contributed by atoms with van der Waals surface area (Å²) in [6.45, 7) is 2.67. The number of primary amides is 1. The van der Waals surface area contributed by atoms with Crippen molar-refractivity contribution >= 4 is 5.91 Å². The van der Waals surface area contributed by atoms with Crippen molar-refractivity contribution in [2.45, 2.75) is 26.1 Å². The topological polar surface area (TPSA) is 103 Å². The number of ether oxygens (including phenoxy) is 2. The first kappa shape index (κ1) is 19.8. The summed E-state index contributed by atoms with van der Waals surface area (Å²) in [6, 6.07) is 9.91. The van der Waals surface area contributed by atoms with Crippen LogP contribution in [0.25, 0.3) is 22.5 Å². The van der Waals surface area contributed by atoms with Crippen LogP contribution in [-0.4, -0.2) is 34.1 Å². The van der Waals surface area contributed by atoms with Gasteiger partial charge in [0.1, 0.15) is 5.82 Å². The highest BCUT2D eigenvalue weighted by Crippen LogP contribution is 2.60. The molecule has 3 aromatic rings. The van der Waals surface area contributed by atoms with Crippen LogP contribution in [-0.2, 0) is 14.3 Å². The Kier molecular flexibility index (Phi) is 4.64. The number of aromatic nitrogens is 3. The van der Waals surface area contributed by atoms with Crippen LogP contribution in [0.2, 0.25) is 0 Å². The molecule has 2 fully saturated rings. The lowest BCUT2D eigenvalue weighted by atomic mass is 9.74. The van der Waals surface area contributed by atoms with Crippen LogP contribution in [0, 0.1) is 16.6 Å². The minimum atomic E-state index is -0.702. The average Bonchev–Trinajstić information content (AvgIpc) is 3.50. The molecule has 2 aromatic heterocycles. The lowest BCUT2D eigenvalue weighted by Crippen LogP contribution is -2.48. The monoisotopic (exact) mass is 422 g/mol. The second-order valence-electron chi connectivity index (χ2n) is 8.55. The number of aromatic amines is 1. The van der Waals surface area contributed by atoms with Crippen LogP contribution in [0.4, 0.5) is 4.39 Å². The van der Waals surface area contributed by atoms with Gasteiger partial charge in [-0.25, -0.2) is 9.37 Å². The van der Waals surface area contributed by atoms with Crippen LogP contribution in [0.3, 0.4) is 0 Å². The number of nitrogens with two attached hydrogens (primary N) is 1. The maximum Gasteiger partial charge on any atom is 0.224 e. The Morgan fingerprint density at radius 2 is 1.74 bits per heavy atom. The Labute approximate surface area is 178 Å². The molecule has 31 heavy (non-hydrogen) atoms. The largest absolute Gasteiger partial charge is 0.369 e. The van der Waals surface area contributed by atoms with Crippen molar-refractivity contribution in [2.75, 3.05) is 13.2 Å². The minimum absolute atomic E-state index is 0.294. The molecule has 1 saturated carbocycles. The van der Waals surface area contributed by atoms with Gasteiger partial charge in [0.05, 0.1) is 30.0 Å². The van der Waals surface area contributed by atoms with E-state index < -0.39 is 17.1 Å². The van der Waals surface area contributed by atoms with Crippen molar-refractivity contribution in [1.29, 1.82) is 0 Å². The third kappa shape index (κ3) is 3.32. The number of H-pyrrole nitrogens is 1. The number of carbonyl (C=O) groups is 1. The van der Waals surface area contributed by atoms with Gasteiger partial charge in [0, 0.05) is 28.9 Å². The summed E-state index contributed by atoms with van der Waals surface area (Å²) in [6.07, 6.45) is 4.21. The molecular formula is C23H23FN4O3. The number of nitrogens with zero attached hydrogens (tertiary/aromatic N) is 2. The van der Waals surface area contributed by atoms with Gasteiger partial charge in [-0.05, 0) is 49.2 Å². The van der Waals surface area contributed by atoms with E-state index in [2.05, 4.69) is 9.97 Å². The summed E-state index contributed by atoms with van der Waals surface area (Å²) in [4.78, 5) is 24.1. The molecule has 8 heteroatoms. The Morgan fingerprint density at radius 1 is 1.10 bits per heavy atom. The zero-order valence-corrected chi connectivity index (χ0v) is 17.1. The number of nitrogens with one attached hydrogen (secondary N) is 1. The molecular weight excluding hydrogens is 399 g/mol. The standard InChI is InChI=1S/C23H23FN4O3/c1-22(23(8-9-23)21(25)29)12-30-20(31-13-22)19-27-17(14-2-4-16(24)5-3-14)18(28-19)15-6-10-26-11-7-15/h2-7,10-11,20H,8-9,12-13H2,1H3,(H2,25,29)(H,27,28). The molecule has 2 aliphatic rings. The number of amides is 1. The molecule has 1 saturated heterocycles. The van der Waals surface area contributed by atoms with Crippen LogP contribution < -0.4 is 5.73 Å². The number of halogens is 1. The number of carbonyl (C=O) groups excluding carboxylic acids is 1. The van der Waals surface area contributed by atoms with Crippen molar-refractivity contribution in [1.82, 2.24) is 15.0 Å². The SMILES string of the molecule is CC1(C2(C(N)=O)CC2)COC(c2nc(-c3ccc(F)cc3)c(-c3ccncc3)[nH]2)OC1. The molecule has 1 aliphatic heterocycles.